The number of ether oxygens (including phenoxy) is 1. The number of aromatic carboxylic acids is 1. The third-order valence-corrected chi connectivity index (χ3v) is 4.27. The van der Waals surface area contributed by atoms with Crippen molar-refractivity contribution in [3.8, 4) is 16.9 Å². The van der Waals surface area contributed by atoms with Crippen molar-refractivity contribution < 1.29 is 23.4 Å². The number of hydrogen-bond acceptors (Lipinski definition) is 4. The molecule has 3 aromatic rings. The van der Waals surface area contributed by atoms with Crippen molar-refractivity contribution >= 4 is 17.5 Å². The number of carboxylic acid groups (broad SMARTS) is 1. The van der Waals surface area contributed by atoms with Crippen molar-refractivity contribution in [2.45, 2.75) is 13.3 Å². The first-order valence-electron chi connectivity index (χ1n) is 8.55. The second-order valence-corrected chi connectivity index (χ2v) is 6.07. The molecule has 2 aromatic carbocycles. The van der Waals surface area contributed by atoms with E-state index in [2.05, 4.69) is 10.3 Å². The van der Waals surface area contributed by atoms with E-state index in [1.54, 1.807) is 24.3 Å². The molecule has 5 nitrogen and oxygen atoms in total. The molecular weight excluding hydrogens is 366 g/mol. The van der Waals surface area contributed by atoms with Gasteiger partial charge in [-0.1, -0.05) is 19.1 Å². The van der Waals surface area contributed by atoms with Gasteiger partial charge >= 0.3 is 5.97 Å². The number of pyridine rings is 1. The Kier molecular flexibility index (Phi) is 5.54. The Morgan fingerprint density at radius 3 is 2.46 bits per heavy atom. The molecule has 0 saturated heterocycles. The minimum atomic E-state index is -1.24. The van der Waals surface area contributed by atoms with Gasteiger partial charge in [-0.2, -0.15) is 0 Å². The maximum absolute atomic E-state index is 14.6. The predicted octanol–water partition coefficient (Wildman–Crippen LogP) is 5.04. The number of anilines is 2. The Morgan fingerprint density at radius 1 is 1.14 bits per heavy atom. The number of aryl methyl sites for hydroxylation is 1. The smallest absolute Gasteiger partial charge is 0.339 e. The van der Waals surface area contributed by atoms with Crippen LogP contribution in [0.3, 0.4) is 0 Å². The summed E-state index contributed by atoms with van der Waals surface area (Å²) in [5, 5.41) is 11.8. The first-order valence-corrected chi connectivity index (χ1v) is 8.55. The zero-order chi connectivity index (χ0) is 20.3. The number of methoxy groups -OCH3 is 1. The van der Waals surface area contributed by atoms with Crippen LogP contribution in [0.5, 0.6) is 5.75 Å². The van der Waals surface area contributed by atoms with Crippen LogP contribution in [0.15, 0.2) is 48.7 Å². The average Bonchev–Trinajstić information content (AvgIpc) is 2.70. The number of carbonyl (C=O) groups is 1. The summed E-state index contributed by atoms with van der Waals surface area (Å²) in [6.07, 6.45) is 2.06. The zero-order valence-electron chi connectivity index (χ0n) is 15.3. The normalized spacial score (nSPS) is 10.6. The van der Waals surface area contributed by atoms with Gasteiger partial charge in [-0.15, -0.1) is 0 Å². The van der Waals surface area contributed by atoms with Crippen LogP contribution < -0.4 is 10.1 Å². The van der Waals surface area contributed by atoms with Gasteiger partial charge in [-0.3, -0.25) is 0 Å². The Balaban J connectivity index is 1.99. The lowest BCUT2D eigenvalue weighted by molar-refractivity contribution is 0.0697. The zero-order valence-corrected chi connectivity index (χ0v) is 15.3. The van der Waals surface area contributed by atoms with Gasteiger partial charge in [0.25, 0.3) is 0 Å². The fourth-order valence-corrected chi connectivity index (χ4v) is 2.74. The molecule has 0 aliphatic carbocycles. The lowest BCUT2D eigenvalue weighted by atomic mass is 10.0. The lowest BCUT2D eigenvalue weighted by Crippen LogP contribution is -2.08. The quantitative estimate of drug-likeness (QED) is 0.623. The van der Waals surface area contributed by atoms with E-state index in [4.69, 9.17) is 4.74 Å². The molecule has 28 heavy (non-hydrogen) atoms. The summed E-state index contributed by atoms with van der Waals surface area (Å²) in [7, 11) is 1.50. The summed E-state index contributed by atoms with van der Waals surface area (Å²) in [5.41, 5.74) is 0.991. The molecule has 0 spiro atoms. The van der Waals surface area contributed by atoms with Gasteiger partial charge < -0.3 is 15.2 Å². The van der Waals surface area contributed by atoms with Crippen LogP contribution in [0.4, 0.5) is 20.3 Å². The molecule has 3 rings (SSSR count). The van der Waals surface area contributed by atoms with Gasteiger partial charge in [0.15, 0.2) is 0 Å². The third kappa shape index (κ3) is 3.93. The highest BCUT2D eigenvalue weighted by atomic mass is 19.1. The predicted molar refractivity (Wildman–Crippen MR) is 102 cm³/mol. The largest absolute Gasteiger partial charge is 0.497 e. The minimum absolute atomic E-state index is 0.128. The molecule has 0 saturated carbocycles. The van der Waals surface area contributed by atoms with Gasteiger partial charge in [-0.25, -0.2) is 18.6 Å². The molecule has 0 bridgehead atoms. The van der Waals surface area contributed by atoms with E-state index in [0.29, 0.717) is 28.9 Å². The first-order chi connectivity index (χ1) is 13.4. The Bertz CT molecular complexity index is 1010. The van der Waals surface area contributed by atoms with Crippen molar-refractivity contribution in [3.63, 3.8) is 0 Å². The third-order valence-electron chi connectivity index (χ3n) is 4.27. The summed E-state index contributed by atoms with van der Waals surface area (Å²) >= 11 is 0. The number of benzene rings is 2. The molecule has 0 fully saturated rings. The molecule has 7 heteroatoms. The highest BCUT2D eigenvalue weighted by Gasteiger charge is 2.18. The standard InChI is InChI=1S/C21H18F2N2O3/c1-3-12-7-16(21(26)27)20(24-11-12)25-19-17(22)9-14(10-18(19)23)13-5-4-6-15(8-13)28-2/h4-11H,3H2,1-2H3,(H,24,25)(H,26,27). The van der Waals surface area contributed by atoms with Crippen molar-refractivity contribution in [1.29, 1.82) is 0 Å². The maximum Gasteiger partial charge on any atom is 0.339 e. The summed E-state index contributed by atoms with van der Waals surface area (Å²) in [5.74, 6) is -2.53. The maximum atomic E-state index is 14.6. The lowest BCUT2D eigenvalue weighted by Gasteiger charge is -2.13. The van der Waals surface area contributed by atoms with Crippen LogP contribution in [-0.2, 0) is 6.42 Å². The number of aromatic nitrogens is 1. The fraction of sp³-hybridized carbons (Fsp3) is 0.143. The number of carboxylic acids is 1. The summed E-state index contributed by atoms with van der Waals surface area (Å²) in [6, 6.07) is 10.6. The fourth-order valence-electron chi connectivity index (χ4n) is 2.74. The van der Waals surface area contributed by atoms with Crippen molar-refractivity contribution in [2.24, 2.45) is 0 Å². The summed E-state index contributed by atoms with van der Waals surface area (Å²) < 4.78 is 34.4. The molecule has 144 valence electrons. The molecule has 0 radical (unpaired) electrons. The Hall–Kier alpha value is -3.48. The van der Waals surface area contributed by atoms with E-state index in [0.717, 1.165) is 0 Å². The molecule has 1 aromatic heterocycles. The molecule has 2 N–H and O–H groups in total. The number of hydrogen-bond donors (Lipinski definition) is 2. The molecule has 0 atom stereocenters. The minimum Gasteiger partial charge on any atom is -0.497 e. The van der Waals surface area contributed by atoms with Crippen LogP contribution in [0.1, 0.15) is 22.8 Å². The van der Waals surface area contributed by atoms with Gasteiger partial charge in [0.2, 0.25) is 0 Å². The number of nitrogens with one attached hydrogen (secondary N) is 1. The van der Waals surface area contributed by atoms with E-state index >= 15 is 0 Å². The van der Waals surface area contributed by atoms with Crippen LogP contribution >= 0.6 is 0 Å². The summed E-state index contributed by atoms with van der Waals surface area (Å²) in [6.45, 7) is 1.85. The molecule has 0 aliphatic heterocycles. The van der Waals surface area contributed by atoms with Crippen molar-refractivity contribution in [3.05, 3.63) is 71.4 Å². The van der Waals surface area contributed by atoms with Crippen LogP contribution in [-0.4, -0.2) is 23.2 Å². The van der Waals surface area contributed by atoms with E-state index < -0.39 is 23.3 Å². The molecule has 1 heterocycles. The Morgan fingerprint density at radius 2 is 1.86 bits per heavy atom. The SMILES string of the molecule is CCc1cnc(Nc2c(F)cc(-c3cccc(OC)c3)cc2F)c(C(=O)O)c1. The number of halogens is 2. The molecular formula is C21H18F2N2O3. The summed E-state index contributed by atoms with van der Waals surface area (Å²) in [4.78, 5) is 15.5. The number of rotatable bonds is 6. The average molecular weight is 384 g/mol. The van der Waals surface area contributed by atoms with E-state index in [-0.39, 0.29) is 11.4 Å². The molecule has 0 unspecified atom stereocenters. The van der Waals surface area contributed by atoms with Gasteiger partial charge in [-0.05, 0) is 53.4 Å². The Labute approximate surface area is 160 Å². The number of nitrogens with zero attached hydrogens (tertiary/aromatic N) is 1. The van der Waals surface area contributed by atoms with Crippen molar-refractivity contribution in [2.75, 3.05) is 12.4 Å². The van der Waals surface area contributed by atoms with Crippen LogP contribution in [0.2, 0.25) is 0 Å². The van der Waals surface area contributed by atoms with Crippen molar-refractivity contribution in [1.82, 2.24) is 4.98 Å². The van der Waals surface area contributed by atoms with Crippen LogP contribution in [0.25, 0.3) is 11.1 Å². The second kappa shape index (κ2) is 8.04. The van der Waals surface area contributed by atoms with Gasteiger partial charge in [0.1, 0.15) is 34.5 Å². The topological polar surface area (TPSA) is 71.5 Å². The second-order valence-electron chi connectivity index (χ2n) is 6.07. The molecule has 0 amide bonds. The highest BCUT2D eigenvalue weighted by Crippen LogP contribution is 2.31. The molecule has 0 aliphatic rings. The van der Waals surface area contributed by atoms with Gasteiger partial charge in [0.05, 0.1) is 7.11 Å². The monoisotopic (exact) mass is 384 g/mol. The first kappa shape index (κ1) is 19.3. The van der Waals surface area contributed by atoms with E-state index in [1.165, 1.54) is 31.5 Å². The van der Waals surface area contributed by atoms with Gasteiger partial charge in [0, 0.05) is 6.20 Å². The van der Waals surface area contributed by atoms with E-state index in [9.17, 15) is 18.7 Å². The van der Waals surface area contributed by atoms with E-state index in [1.807, 2.05) is 6.92 Å². The highest BCUT2D eigenvalue weighted by molar-refractivity contribution is 5.94. The van der Waals surface area contributed by atoms with Crippen LogP contribution in [0, 0.1) is 11.6 Å².